The molecule has 0 amide bonds. The highest BCUT2D eigenvalue weighted by molar-refractivity contribution is 5.76. The minimum atomic E-state index is -0.606. The maximum atomic E-state index is 11.8. The van der Waals surface area contributed by atoms with Gasteiger partial charge in [-0.1, -0.05) is 31.0 Å². The van der Waals surface area contributed by atoms with E-state index in [1.165, 1.54) is 11.3 Å². The van der Waals surface area contributed by atoms with E-state index < -0.39 is 11.4 Å². The van der Waals surface area contributed by atoms with Crippen molar-refractivity contribution >= 4 is 11.7 Å². The van der Waals surface area contributed by atoms with Crippen LogP contribution < -0.4 is 4.90 Å². The molecule has 1 atom stereocenters. The quantitative estimate of drug-likeness (QED) is 0.916. The Bertz CT molecular complexity index is 505. The van der Waals surface area contributed by atoms with Crippen LogP contribution in [0.15, 0.2) is 24.3 Å². The van der Waals surface area contributed by atoms with E-state index in [-0.39, 0.29) is 0 Å². The van der Waals surface area contributed by atoms with Gasteiger partial charge >= 0.3 is 5.97 Å². The molecule has 108 valence electrons. The van der Waals surface area contributed by atoms with Gasteiger partial charge in [-0.05, 0) is 44.2 Å². The Kier molecular flexibility index (Phi) is 3.45. The van der Waals surface area contributed by atoms with Crippen molar-refractivity contribution in [3.63, 3.8) is 0 Å². The molecule has 1 aliphatic heterocycles. The van der Waals surface area contributed by atoms with Gasteiger partial charge in [0.05, 0.1) is 5.41 Å². The third kappa shape index (κ3) is 2.19. The monoisotopic (exact) mass is 273 g/mol. The number of aryl methyl sites for hydroxylation is 1. The van der Waals surface area contributed by atoms with Crippen LogP contribution in [0, 0.1) is 5.41 Å². The van der Waals surface area contributed by atoms with E-state index in [1.807, 2.05) is 0 Å². The molecule has 1 N–H and O–H groups in total. The largest absolute Gasteiger partial charge is 0.481 e. The lowest BCUT2D eigenvalue weighted by Gasteiger charge is -2.41. The third-order valence-corrected chi connectivity index (χ3v) is 5.15. The van der Waals surface area contributed by atoms with E-state index in [2.05, 4.69) is 36.1 Å². The van der Waals surface area contributed by atoms with Crippen LogP contribution in [0.25, 0.3) is 0 Å². The number of fused-ring (bicyclic) bond motifs is 1. The van der Waals surface area contributed by atoms with Crippen LogP contribution in [0.1, 0.15) is 44.6 Å². The minimum Gasteiger partial charge on any atom is -0.481 e. The lowest BCUT2D eigenvalue weighted by atomic mass is 9.83. The molecule has 0 radical (unpaired) electrons. The van der Waals surface area contributed by atoms with Gasteiger partial charge in [-0.25, -0.2) is 0 Å². The summed E-state index contributed by atoms with van der Waals surface area (Å²) in [4.78, 5) is 14.1. The first kappa shape index (κ1) is 13.5. The molecule has 1 aromatic carbocycles. The molecular weight excluding hydrogens is 250 g/mol. The smallest absolute Gasteiger partial charge is 0.311 e. The molecular formula is C17H23NO2. The Hall–Kier alpha value is -1.51. The van der Waals surface area contributed by atoms with E-state index in [0.29, 0.717) is 12.6 Å². The summed E-state index contributed by atoms with van der Waals surface area (Å²) in [6, 6.07) is 8.90. The number of carbonyl (C=O) groups is 1. The maximum absolute atomic E-state index is 11.8. The fourth-order valence-corrected chi connectivity index (χ4v) is 3.82. The van der Waals surface area contributed by atoms with Gasteiger partial charge in [0.15, 0.2) is 0 Å². The van der Waals surface area contributed by atoms with Gasteiger partial charge in [-0.2, -0.15) is 0 Å². The fourth-order valence-electron chi connectivity index (χ4n) is 3.82. The molecule has 0 bridgehead atoms. The normalized spacial score (nSPS) is 24.4. The number of aliphatic carboxylic acids is 1. The second kappa shape index (κ2) is 5.12. The second-order valence-corrected chi connectivity index (χ2v) is 6.44. The van der Waals surface area contributed by atoms with Gasteiger partial charge in [0.25, 0.3) is 0 Å². The molecule has 1 aliphatic carbocycles. The van der Waals surface area contributed by atoms with Crippen molar-refractivity contribution in [2.45, 2.75) is 51.5 Å². The maximum Gasteiger partial charge on any atom is 0.311 e. The van der Waals surface area contributed by atoms with Crippen molar-refractivity contribution in [1.82, 2.24) is 0 Å². The first-order valence-electron chi connectivity index (χ1n) is 7.70. The number of carboxylic acid groups (broad SMARTS) is 1. The summed E-state index contributed by atoms with van der Waals surface area (Å²) in [6.07, 6.45) is 5.98. The summed E-state index contributed by atoms with van der Waals surface area (Å²) in [5.74, 6) is -0.606. The Balaban J connectivity index is 1.91. The summed E-state index contributed by atoms with van der Waals surface area (Å²) >= 11 is 0. The van der Waals surface area contributed by atoms with Crippen LogP contribution in [-0.2, 0) is 11.2 Å². The molecule has 0 spiro atoms. The number of hydrogen-bond acceptors (Lipinski definition) is 2. The van der Waals surface area contributed by atoms with Crippen molar-refractivity contribution in [2.24, 2.45) is 5.41 Å². The number of benzene rings is 1. The van der Waals surface area contributed by atoms with Crippen LogP contribution in [0.5, 0.6) is 0 Å². The lowest BCUT2D eigenvalue weighted by molar-refractivity contribution is -0.148. The van der Waals surface area contributed by atoms with Crippen LogP contribution in [0.3, 0.4) is 0 Å². The molecule has 3 nitrogen and oxygen atoms in total. The van der Waals surface area contributed by atoms with Crippen LogP contribution in [0.4, 0.5) is 5.69 Å². The van der Waals surface area contributed by atoms with E-state index in [9.17, 15) is 9.90 Å². The molecule has 0 saturated heterocycles. The van der Waals surface area contributed by atoms with Gasteiger partial charge < -0.3 is 10.0 Å². The summed E-state index contributed by atoms with van der Waals surface area (Å²) in [6.45, 7) is 2.89. The van der Waals surface area contributed by atoms with Crippen LogP contribution >= 0.6 is 0 Å². The van der Waals surface area contributed by atoms with E-state index in [1.54, 1.807) is 0 Å². The van der Waals surface area contributed by atoms with Gasteiger partial charge in [0.2, 0.25) is 0 Å². The van der Waals surface area contributed by atoms with Gasteiger partial charge in [0, 0.05) is 18.3 Å². The van der Waals surface area contributed by atoms with E-state index in [0.717, 1.165) is 38.5 Å². The Morgan fingerprint density at radius 1 is 1.35 bits per heavy atom. The molecule has 3 heteroatoms. The first-order valence-corrected chi connectivity index (χ1v) is 7.70. The third-order valence-electron chi connectivity index (χ3n) is 5.15. The molecule has 1 aromatic rings. The SMILES string of the molecule is CC1CCc2ccccc2N1CC1(C(=O)O)CCCC1. The molecule has 1 heterocycles. The Morgan fingerprint density at radius 2 is 2.05 bits per heavy atom. The molecule has 3 rings (SSSR count). The Morgan fingerprint density at radius 3 is 2.75 bits per heavy atom. The molecule has 2 aliphatic rings. The number of para-hydroxylation sites is 1. The number of rotatable bonds is 3. The van der Waals surface area contributed by atoms with Crippen molar-refractivity contribution in [3.8, 4) is 0 Å². The molecule has 0 aromatic heterocycles. The zero-order chi connectivity index (χ0) is 14.2. The lowest BCUT2D eigenvalue weighted by Crippen LogP contribution is -2.47. The highest BCUT2D eigenvalue weighted by atomic mass is 16.4. The van der Waals surface area contributed by atoms with Crippen LogP contribution in [-0.4, -0.2) is 23.7 Å². The zero-order valence-corrected chi connectivity index (χ0v) is 12.1. The molecule has 1 fully saturated rings. The number of hydrogen-bond donors (Lipinski definition) is 1. The summed E-state index contributed by atoms with van der Waals surface area (Å²) in [5, 5.41) is 9.70. The van der Waals surface area contributed by atoms with Crippen molar-refractivity contribution in [2.75, 3.05) is 11.4 Å². The summed E-state index contributed by atoms with van der Waals surface area (Å²) < 4.78 is 0. The van der Waals surface area contributed by atoms with Gasteiger partial charge in [-0.15, -0.1) is 0 Å². The van der Waals surface area contributed by atoms with E-state index in [4.69, 9.17) is 0 Å². The van der Waals surface area contributed by atoms with Crippen molar-refractivity contribution < 1.29 is 9.90 Å². The highest BCUT2D eigenvalue weighted by Gasteiger charge is 2.44. The molecule has 1 unspecified atom stereocenters. The fraction of sp³-hybridized carbons (Fsp3) is 0.588. The minimum absolute atomic E-state index is 0.432. The topological polar surface area (TPSA) is 40.5 Å². The van der Waals surface area contributed by atoms with Gasteiger partial charge in [0.1, 0.15) is 0 Å². The second-order valence-electron chi connectivity index (χ2n) is 6.44. The Labute approximate surface area is 120 Å². The average molecular weight is 273 g/mol. The van der Waals surface area contributed by atoms with Crippen LogP contribution in [0.2, 0.25) is 0 Å². The predicted octanol–water partition coefficient (Wildman–Crippen LogP) is 3.47. The average Bonchev–Trinajstić information content (AvgIpc) is 2.92. The predicted molar refractivity (Wildman–Crippen MR) is 80.1 cm³/mol. The highest BCUT2D eigenvalue weighted by Crippen LogP contribution is 2.42. The standard InChI is InChI=1S/C17H23NO2/c1-13-8-9-14-6-2-3-7-15(14)18(13)12-17(16(19)20)10-4-5-11-17/h2-3,6-7,13H,4-5,8-12H2,1H3,(H,19,20). The zero-order valence-electron chi connectivity index (χ0n) is 12.1. The first-order chi connectivity index (χ1) is 9.62. The molecule has 1 saturated carbocycles. The number of carboxylic acids is 1. The number of anilines is 1. The number of nitrogens with zero attached hydrogens (tertiary/aromatic N) is 1. The van der Waals surface area contributed by atoms with Crippen molar-refractivity contribution in [1.29, 1.82) is 0 Å². The van der Waals surface area contributed by atoms with E-state index >= 15 is 0 Å². The summed E-state index contributed by atoms with van der Waals surface area (Å²) in [7, 11) is 0. The van der Waals surface area contributed by atoms with Gasteiger partial charge in [-0.3, -0.25) is 4.79 Å². The molecule has 20 heavy (non-hydrogen) atoms. The van der Waals surface area contributed by atoms with Crippen molar-refractivity contribution in [3.05, 3.63) is 29.8 Å². The summed E-state index contributed by atoms with van der Waals surface area (Å²) in [5.41, 5.74) is 2.08.